The first kappa shape index (κ1) is 14.3. The van der Waals surface area contributed by atoms with Gasteiger partial charge in [0.1, 0.15) is 5.82 Å². The van der Waals surface area contributed by atoms with E-state index in [4.69, 9.17) is 4.98 Å². The molecule has 2 aromatic rings. The molecule has 3 nitrogen and oxygen atoms in total. The van der Waals surface area contributed by atoms with Crippen LogP contribution in [-0.4, -0.2) is 30.2 Å². The maximum atomic E-state index is 4.69. The number of hydrogen-bond donors (Lipinski definition) is 1. The minimum absolute atomic E-state index is 0.451. The number of nitrogens with one attached hydrogen (secondary N) is 1. The Morgan fingerprint density at radius 1 is 1.24 bits per heavy atom. The molecule has 1 aliphatic rings. The molecule has 1 aromatic heterocycles. The average Bonchev–Trinajstić information content (AvgIpc) is 2.53. The Kier molecular flexibility index (Phi) is 4.39. The average molecular weight is 283 g/mol. The summed E-state index contributed by atoms with van der Waals surface area (Å²) in [5.41, 5.74) is 0. The molecule has 1 N–H and O–H groups in total. The predicted octanol–water partition coefficient (Wildman–Crippen LogP) is 3.59. The second-order valence-electron chi connectivity index (χ2n) is 6.25. The fraction of sp³-hybridized carbons (Fsp3) is 0.500. The van der Waals surface area contributed by atoms with Gasteiger partial charge in [-0.05, 0) is 44.7 Å². The minimum atomic E-state index is 0.451. The van der Waals surface area contributed by atoms with Gasteiger partial charge in [-0.3, -0.25) is 0 Å². The minimum Gasteiger partial charge on any atom is -0.352 e. The van der Waals surface area contributed by atoms with Gasteiger partial charge < -0.3 is 10.2 Å². The van der Waals surface area contributed by atoms with Gasteiger partial charge in [-0.1, -0.05) is 30.7 Å². The third-order valence-corrected chi connectivity index (χ3v) is 4.38. The lowest BCUT2D eigenvalue weighted by Crippen LogP contribution is -2.46. The van der Waals surface area contributed by atoms with Crippen molar-refractivity contribution in [2.75, 3.05) is 18.0 Å². The van der Waals surface area contributed by atoms with Crippen LogP contribution in [0.25, 0.3) is 10.8 Å². The van der Waals surface area contributed by atoms with E-state index >= 15 is 0 Å². The van der Waals surface area contributed by atoms with Crippen LogP contribution in [0.4, 0.5) is 5.82 Å². The molecule has 21 heavy (non-hydrogen) atoms. The summed E-state index contributed by atoms with van der Waals surface area (Å²) in [4.78, 5) is 7.14. The number of rotatable bonds is 4. The van der Waals surface area contributed by atoms with E-state index in [1.165, 1.54) is 30.0 Å². The third kappa shape index (κ3) is 3.18. The van der Waals surface area contributed by atoms with Gasteiger partial charge in [0.15, 0.2) is 0 Å². The van der Waals surface area contributed by atoms with Gasteiger partial charge >= 0.3 is 0 Å². The molecule has 0 bridgehead atoms. The molecule has 112 valence electrons. The normalized spacial score (nSPS) is 19.1. The zero-order chi connectivity index (χ0) is 14.7. The van der Waals surface area contributed by atoms with Gasteiger partial charge in [0.25, 0.3) is 0 Å². The molecule has 0 aliphatic carbocycles. The van der Waals surface area contributed by atoms with E-state index < -0.39 is 0 Å². The molecule has 1 unspecified atom stereocenters. The van der Waals surface area contributed by atoms with Gasteiger partial charge in [0, 0.05) is 30.2 Å². The standard InChI is InChI=1S/C18H25N3/c1-14(2)21(13-16-8-5-6-11-19-16)18-17-9-4-3-7-15(17)10-12-20-18/h3-4,7,9-10,12,14,16,19H,5-6,8,11,13H2,1-2H3. The fourth-order valence-corrected chi connectivity index (χ4v) is 3.19. The lowest BCUT2D eigenvalue weighted by atomic mass is 10.0. The van der Waals surface area contributed by atoms with Crippen molar-refractivity contribution >= 4 is 16.6 Å². The first-order chi connectivity index (χ1) is 10.3. The Morgan fingerprint density at radius 2 is 2.10 bits per heavy atom. The molecule has 0 saturated carbocycles. The molecule has 0 amide bonds. The van der Waals surface area contributed by atoms with E-state index in [2.05, 4.69) is 54.4 Å². The molecule has 1 aromatic carbocycles. The first-order valence-electron chi connectivity index (χ1n) is 8.09. The maximum Gasteiger partial charge on any atom is 0.136 e. The smallest absolute Gasteiger partial charge is 0.136 e. The van der Waals surface area contributed by atoms with Crippen LogP contribution in [0.5, 0.6) is 0 Å². The fourth-order valence-electron chi connectivity index (χ4n) is 3.19. The largest absolute Gasteiger partial charge is 0.352 e. The lowest BCUT2D eigenvalue weighted by molar-refractivity contribution is 0.393. The third-order valence-electron chi connectivity index (χ3n) is 4.38. The predicted molar refractivity (Wildman–Crippen MR) is 89.9 cm³/mol. The monoisotopic (exact) mass is 283 g/mol. The van der Waals surface area contributed by atoms with Crippen LogP contribution in [0.15, 0.2) is 36.5 Å². The van der Waals surface area contributed by atoms with Crippen molar-refractivity contribution in [1.29, 1.82) is 0 Å². The van der Waals surface area contributed by atoms with Gasteiger partial charge in [-0.25, -0.2) is 4.98 Å². The molecule has 1 aliphatic heterocycles. The molecule has 0 radical (unpaired) electrons. The lowest BCUT2D eigenvalue weighted by Gasteiger charge is -2.34. The van der Waals surface area contributed by atoms with Crippen molar-refractivity contribution < 1.29 is 0 Å². The second-order valence-corrected chi connectivity index (χ2v) is 6.25. The maximum absolute atomic E-state index is 4.69. The van der Waals surface area contributed by atoms with E-state index in [0.29, 0.717) is 12.1 Å². The van der Waals surface area contributed by atoms with Gasteiger partial charge in [0.2, 0.25) is 0 Å². The number of nitrogens with zero attached hydrogens (tertiary/aromatic N) is 2. The molecular formula is C18H25N3. The summed E-state index contributed by atoms with van der Waals surface area (Å²) in [5.74, 6) is 1.12. The molecule has 1 atom stereocenters. The summed E-state index contributed by atoms with van der Waals surface area (Å²) in [6.07, 6.45) is 5.85. The van der Waals surface area contributed by atoms with Crippen LogP contribution in [0.2, 0.25) is 0 Å². The summed E-state index contributed by atoms with van der Waals surface area (Å²) < 4.78 is 0. The molecule has 1 fully saturated rings. The number of fused-ring (bicyclic) bond motifs is 1. The highest BCUT2D eigenvalue weighted by molar-refractivity contribution is 5.92. The van der Waals surface area contributed by atoms with Crippen LogP contribution in [0.1, 0.15) is 33.1 Å². The summed E-state index contributed by atoms with van der Waals surface area (Å²) in [5, 5.41) is 6.18. The second kappa shape index (κ2) is 6.44. The zero-order valence-corrected chi connectivity index (χ0v) is 13.0. The number of pyridine rings is 1. The van der Waals surface area contributed by atoms with Crippen molar-refractivity contribution in [2.45, 2.75) is 45.2 Å². The van der Waals surface area contributed by atoms with Gasteiger partial charge in [-0.2, -0.15) is 0 Å². The Hall–Kier alpha value is -1.61. The van der Waals surface area contributed by atoms with Gasteiger partial charge in [-0.15, -0.1) is 0 Å². The Morgan fingerprint density at radius 3 is 2.86 bits per heavy atom. The molecule has 1 saturated heterocycles. The van der Waals surface area contributed by atoms with Crippen LogP contribution in [0.3, 0.4) is 0 Å². The van der Waals surface area contributed by atoms with Crippen molar-refractivity contribution in [3.05, 3.63) is 36.5 Å². The van der Waals surface area contributed by atoms with E-state index in [1.54, 1.807) is 0 Å². The number of piperidine rings is 1. The van der Waals surface area contributed by atoms with Crippen LogP contribution in [-0.2, 0) is 0 Å². The zero-order valence-electron chi connectivity index (χ0n) is 13.0. The van der Waals surface area contributed by atoms with Crippen LogP contribution in [0, 0.1) is 0 Å². The summed E-state index contributed by atoms with van der Waals surface area (Å²) in [6.45, 7) is 6.71. The molecule has 3 heteroatoms. The van der Waals surface area contributed by atoms with E-state index in [1.807, 2.05) is 6.20 Å². The van der Waals surface area contributed by atoms with E-state index in [-0.39, 0.29) is 0 Å². The highest BCUT2D eigenvalue weighted by Gasteiger charge is 2.21. The van der Waals surface area contributed by atoms with Crippen molar-refractivity contribution in [1.82, 2.24) is 10.3 Å². The SMILES string of the molecule is CC(C)N(CC1CCCCN1)c1nccc2ccccc12. The molecule has 0 spiro atoms. The molecule has 2 heterocycles. The van der Waals surface area contributed by atoms with Crippen molar-refractivity contribution in [2.24, 2.45) is 0 Å². The summed E-state index contributed by atoms with van der Waals surface area (Å²) in [7, 11) is 0. The highest BCUT2D eigenvalue weighted by atomic mass is 15.2. The molecule has 3 rings (SSSR count). The molecular weight excluding hydrogens is 258 g/mol. The van der Waals surface area contributed by atoms with Gasteiger partial charge in [0.05, 0.1) is 0 Å². The number of aromatic nitrogens is 1. The Labute approximate surface area is 127 Å². The van der Waals surface area contributed by atoms with Crippen molar-refractivity contribution in [3.8, 4) is 0 Å². The van der Waals surface area contributed by atoms with Crippen LogP contribution < -0.4 is 10.2 Å². The highest BCUT2D eigenvalue weighted by Crippen LogP contribution is 2.26. The number of anilines is 1. The summed E-state index contributed by atoms with van der Waals surface area (Å²) >= 11 is 0. The van der Waals surface area contributed by atoms with Crippen LogP contribution >= 0.6 is 0 Å². The number of hydrogen-bond acceptors (Lipinski definition) is 3. The summed E-state index contributed by atoms with van der Waals surface area (Å²) in [6, 6.07) is 11.7. The van der Waals surface area contributed by atoms with E-state index in [0.717, 1.165) is 18.9 Å². The van der Waals surface area contributed by atoms with E-state index in [9.17, 15) is 0 Å². The topological polar surface area (TPSA) is 28.2 Å². The first-order valence-corrected chi connectivity index (χ1v) is 8.09. The Balaban J connectivity index is 1.91. The number of benzene rings is 1. The quantitative estimate of drug-likeness (QED) is 0.929. The Bertz CT molecular complexity index is 583. The van der Waals surface area contributed by atoms with Crippen molar-refractivity contribution in [3.63, 3.8) is 0 Å².